The van der Waals surface area contributed by atoms with Crippen molar-refractivity contribution in [1.29, 1.82) is 0 Å². The quantitative estimate of drug-likeness (QED) is 0.171. The summed E-state index contributed by atoms with van der Waals surface area (Å²) in [6, 6.07) is 8.59. The summed E-state index contributed by atoms with van der Waals surface area (Å²) >= 11 is 25.1. The number of hydrogen-bond acceptors (Lipinski definition) is 6. The molecular formula is C35H50Cl4N6O2. The third-order valence-corrected chi connectivity index (χ3v) is 10.8. The maximum Gasteiger partial charge on any atom is 0.240 e. The highest BCUT2D eigenvalue weighted by Gasteiger charge is 2.41. The van der Waals surface area contributed by atoms with E-state index in [9.17, 15) is 9.59 Å². The first-order chi connectivity index (χ1) is 22.6. The van der Waals surface area contributed by atoms with Crippen molar-refractivity contribution in [3.63, 3.8) is 0 Å². The molecule has 2 unspecified atom stereocenters. The second-order valence-corrected chi connectivity index (χ2v) is 14.8. The van der Waals surface area contributed by atoms with Gasteiger partial charge in [-0.1, -0.05) is 97.1 Å². The number of amides is 2. The lowest BCUT2D eigenvalue weighted by atomic mass is 9.83. The van der Waals surface area contributed by atoms with Crippen molar-refractivity contribution in [3.8, 4) is 0 Å². The third-order valence-electron chi connectivity index (χ3n) is 9.60. The van der Waals surface area contributed by atoms with Gasteiger partial charge in [0.25, 0.3) is 0 Å². The highest BCUT2D eigenvalue weighted by atomic mass is 35.5. The third kappa shape index (κ3) is 11.2. The van der Waals surface area contributed by atoms with Crippen LogP contribution in [0.2, 0.25) is 20.1 Å². The Morgan fingerprint density at radius 2 is 1.30 bits per heavy atom. The number of hydrogen-bond donors (Lipinski definition) is 4. The van der Waals surface area contributed by atoms with E-state index in [1.54, 1.807) is 24.3 Å². The van der Waals surface area contributed by atoms with Crippen LogP contribution in [0.5, 0.6) is 0 Å². The average Bonchev–Trinajstić information content (AvgIpc) is 3.05. The highest BCUT2D eigenvalue weighted by molar-refractivity contribution is 6.35. The zero-order valence-electron chi connectivity index (χ0n) is 27.1. The molecule has 1 heterocycles. The fraction of sp³-hybridized carbons (Fsp3) is 0.600. The van der Waals surface area contributed by atoms with Crippen LogP contribution in [0.4, 0.5) is 0 Å². The van der Waals surface area contributed by atoms with E-state index in [4.69, 9.17) is 63.6 Å². The van der Waals surface area contributed by atoms with Gasteiger partial charge in [0.05, 0.1) is 12.1 Å². The zero-order chi connectivity index (χ0) is 33.9. The van der Waals surface area contributed by atoms with Crippen molar-refractivity contribution >= 4 is 58.2 Å². The van der Waals surface area contributed by atoms with Crippen molar-refractivity contribution in [2.45, 2.75) is 94.8 Å². The first-order valence-corrected chi connectivity index (χ1v) is 18.5. The van der Waals surface area contributed by atoms with E-state index < -0.39 is 12.1 Å². The van der Waals surface area contributed by atoms with Crippen LogP contribution < -0.4 is 22.5 Å². The van der Waals surface area contributed by atoms with Crippen LogP contribution in [0, 0.1) is 5.92 Å². The van der Waals surface area contributed by atoms with E-state index in [1.807, 2.05) is 21.9 Å². The fourth-order valence-electron chi connectivity index (χ4n) is 7.05. The summed E-state index contributed by atoms with van der Waals surface area (Å²) in [5.74, 6) is 0.255. The first-order valence-electron chi connectivity index (χ1n) is 17.0. The van der Waals surface area contributed by atoms with Crippen molar-refractivity contribution < 1.29 is 9.59 Å². The maximum atomic E-state index is 14.2. The van der Waals surface area contributed by atoms with Crippen LogP contribution in [-0.4, -0.2) is 78.5 Å². The Kier molecular flexibility index (Phi) is 15.4. The van der Waals surface area contributed by atoms with Crippen LogP contribution in [0.25, 0.3) is 0 Å². The number of carbonyl (C=O) groups excluding carboxylic acids is 2. The molecule has 0 bridgehead atoms. The van der Waals surface area contributed by atoms with Gasteiger partial charge in [0.2, 0.25) is 11.8 Å². The molecule has 1 aliphatic carbocycles. The van der Waals surface area contributed by atoms with Gasteiger partial charge in [0.15, 0.2) is 0 Å². The van der Waals surface area contributed by atoms with Gasteiger partial charge in [-0.15, -0.1) is 0 Å². The molecule has 7 N–H and O–H groups in total. The standard InChI is InChI=1S/C35H50Cl4N6O2/c36-26-11-9-24(30(38)19-26)17-32(41)34(46)44-22-29(16-23-6-2-1-3-7-23)45(21-28(44)8-4-5-14-43-15-13-40)35(47)33(42)18-25-10-12-27(37)20-31(25)39/h9-12,19-20,23,28-29,32-33,43H,1-8,13-18,21-22,40-42H2/t28-,29?,32+,33?/m0/s1. The zero-order valence-corrected chi connectivity index (χ0v) is 30.1. The number of unbranched alkanes of at least 4 members (excludes halogenated alkanes) is 1. The fourth-order valence-corrected chi connectivity index (χ4v) is 8.02. The smallest absolute Gasteiger partial charge is 0.240 e. The molecule has 260 valence electrons. The van der Waals surface area contributed by atoms with E-state index in [1.165, 1.54) is 19.3 Å². The Balaban J connectivity index is 1.56. The van der Waals surface area contributed by atoms with E-state index >= 15 is 0 Å². The minimum absolute atomic E-state index is 0.115. The van der Waals surface area contributed by atoms with E-state index in [0.717, 1.165) is 62.7 Å². The Bertz CT molecular complexity index is 1330. The second-order valence-electron chi connectivity index (χ2n) is 13.2. The Morgan fingerprint density at radius 3 is 1.83 bits per heavy atom. The summed E-state index contributed by atoms with van der Waals surface area (Å²) in [5, 5.41) is 5.38. The van der Waals surface area contributed by atoms with Crippen LogP contribution in [0.3, 0.4) is 0 Å². The van der Waals surface area contributed by atoms with Gasteiger partial charge < -0.3 is 32.3 Å². The van der Waals surface area contributed by atoms with Crippen molar-refractivity contribution in [1.82, 2.24) is 15.1 Å². The molecule has 0 radical (unpaired) electrons. The molecule has 47 heavy (non-hydrogen) atoms. The number of benzene rings is 2. The van der Waals surface area contributed by atoms with Gasteiger partial charge in [-0.25, -0.2) is 0 Å². The Hall–Kier alpha value is -1.62. The predicted octanol–water partition coefficient (Wildman–Crippen LogP) is 5.84. The molecular weight excluding hydrogens is 678 g/mol. The molecule has 1 saturated carbocycles. The van der Waals surface area contributed by atoms with Gasteiger partial charge in [0.1, 0.15) is 0 Å². The number of rotatable bonds is 15. The highest BCUT2D eigenvalue weighted by Crippen LogP contribution is 2.33. The van der Waals surface area contributed by atoms with Crippen molar-refractivity contribution in [3.05, 3.63) is 67.6 Å². The lowest BCUT2D eigenvalue weighted by molar-refractivity contribution is -0.149. The van der Waals surface area contributed by atoms with Gasteiger partial charge >= 0.3 is 0 Å². The lowest BCUT2D eigenvalue weighted by Gasteiger charge is -2.49. The Labute approximate surface area is 299 Å². The van der Waals surface area contributed by atoms with Gasteiger partial charge in [-0.2, -0.15) is 0 Å². The number of carbonyl (C=O) groups is 2. The summed E-state index contributed by atoms with van der Waals surface area (Å²) in [7, 11) is 0. The molecule has 4 rings (SSSR count). The van der Waals surface area contributed by atoms with Crippen molar-refractivity contribution in [2.75, 3.05) is 32.7 Å². The number of nitrogens with one attached hydrogen (secondary N) is 1. The van der Waals surface area contributed by atoms with Gasteiger partial charge in [-0.3, -0.25) is 9.59 Å². The average molecular weight is 729 g/mol. The number of piperazine rings is 1. The largest absolute Gasteiger partial charge is 0.335 e. The summed E-state index contributed by atoms with van der Waals surface area (Å²) < 4.78 is 0. The number of halogens is 4. The normalized spacial score (nSPS) is 20.3. The summed E-state index contributed by atoms with van der Waals surface area (Å²) in [6.07, 6.45) is 9.86. The summed E-state index contributed by atoms with van der Waals surface area (Å²) in [4.78, 5) is 32.3. The summed E-state index contributed by atoms with van der Waals surface area (Å²) in [6.45, 7) is 3.02. The van der Waals surface area contributed by atoms with E-state index in [2.05, 4.69) is 5.32 Å². The molecule has 8 nitrogen and oxygen atoms in total. The molecule has 0 aromatic heterocycles. The molecule has 0 spiro atoms. The minimum atomic E-state index is -0.783. The van der Waals surface area contributed by atoms with Gasteiger partial charge in [0, 0.05) is 58.4 Å². The first kappa shape index (κ1) is 38.2. The summed E-state index contributed by atoms with van der Waals surface area (Å²) in [5.41, 5.74) is 20.4. The number of nitrogens with zero attached hydrogens (tertiary/aromatic N) is 2. The Morgan fingerprint density at radius 1 is 0.766 bits per heavy atom. The van der Waals surface area contributed by atoms with Crippen molar-refractivity contribution in [2.24, 2.45) is 23.1 Å². The SMILES string of the molecule is NCCNCCCC[C@H]1CN(C(=O)C(N)Cc2ccc(Cl)cc2Cl)C(CC2CCCCC2)CN1C(=O)[C@H](N)Cc1ccc(Cl)cc1Cl. The minimum Gasteiger partial charge on any atom is -0.335 e. The molecule has 1 saturated heterocycles. The van der Waals surface area contributed by atoms with Gasteiger partial charge in [-0.05, 0) is 80.0 Å². The van der Waals surface area contributed by atoms with E-state index in [-0.39, 0.29) is 23.9 Å². The topological polar surface area (TPSA) is 131 Å². The maximum absolute atomic E-state index is 14.2. The molecule has 2 amide bonds. The molecule has 12 heteroatoms. The second kappa shape index (κ2) is 19.0. The van der Waals surface area contributed by atoms with Crippen LogP contribution >= 0.6 is 46.4 Å². The molecule has 2 aromatic carbocycles. The van der Waals surface area contributed by atoms with Crippen LogP contribution in [0.1, 0.15) is 68.9 Å². The van der Waals surface area contributed by atoms with Crippen LogP contribution in [-0.2, 0) is 22.4 Å². The lowest BCUT2D eigenvalue weighted by Crippen LogP contribution is -2.65. The molecule has 2 aromatic rings. The van der Waals surface area contributed by atoms with Crippen LogP contribution in [0.15, 0.2) is 36.4 Å². The molecule has 4 atom stereocenters. The predicted molar refractivity (Wildman–Crippen MR) is 194 cm³/mol. The molecule has 1 aliphatic heterocycles. The monoisotopic (exact) mass is 726 g/mol. The van der Waals surface area contributed by atoms with E-state index in [0.29, 0.717) is 58.5 Å². The molecule has 2 aliphatic rings. The molecule has 2 fully saturated rings. The number of nitrogens with two attached hydrogens (primary N) is 3.